The van der Waals surface area contributed by atoms with Gasteiger partial charge in [-0.3, -0.25) is 14.3 Å². The van der Waals surface area contributed by atoms with Crippen molar-refractivity contribution in [2.75, 3.05) is 0 Å². The van der Waals surface area contributed by atoms with E-state index in [0.717, 1.165) is 22.4 Å². The van der Waals surface area contributed by atoms with Gasteiger partial charge in [-0.05, 0) is 43.1 Å². The van der Waals surface area contributed by atoms with Gasteiger partial charge in [0, 0.05) is 6.54 Å². The molecular formula is C14H21BrN4O2. The van der Waals surface area contributed by atoms with Crippen molar-refractivity contribution >= 4 is 27.7 Å². The van der Waals surface area contributed by atoms with E-state index in [1.54, 1.807) is 11.8 Å². The second-order valence-corrected chi connectivity index (χ2v) is 6.07. The maximum Gasteiger partial charge on any atom is 0.246 e. The molecule has 116 valence electrons. The number of amides is 2. The van der Waals surface area contributed by atoms with Crippen LogP contribution in [0.25, 0.3) is 0 Å². The van der Waals surface area contributed by atoms with E-state index in [2.05, 4.69) is 26.3 Å². The maximum atomic E-state index is 12.5. The monoisotopic (exact) mass is 356 g/mol. The SMILES string of the molecule is CCC1NC(=O)C(C)N(Cc2c(Br)c(C)nn2CC)C1=O. The number of carbonyl (C=O) groups excluding carboxylic acids is 2. The van der Waals surface area contributed by atoms with Crippen LogP contribution < -0.4 is 5.32 Å². The third kappa shape index (κ3) is 2.84. The van der Waals surface area contributed by atoms with Crippen molar-refractivity contribution in [1.29, 1.82) is 0 Å². The summed E-state index contributed by atoms with van der Waals surface area (Å²) in [5.74, 6) is -0.130. The first kappa shape index (κ1) is 16.0. The first-order valence-electron chi connectivity index (χ1n) is 7.23. The first-order valence-corrected chi connectivity index (χ1v) is 8.02. The van der Waals surface area contributed by atoms with E-state index >= 15 is 0 Å². The van der Waals surface area contributed by atoms with Crippen LogP contribution in [0.5, 0.6) is 0 Å². The molecule has 1 aromatic heterocycles. The molecule has 2 rings (SSSR count). The zero-order valence-electron chi connectivity index (χ0n) is 12.8. The van der Waals surface area contributed by atoms with Crippen molar-refractivity contribution < 1.29 is 9.59 Å². The molecule has 7 heteroatoms. The van der Waals surface area contributed by atoms with Gasteiger partial charge in [-0.1, -0.05) is 6.92 Å². The Balaban J connectivity index is 2.32. The highest BCUT2D eigenvalue weighted by atomic mass is 79.9. The van der Waals surface area contributed by atoms with Gasteiger partial charge in [0.15, 0.2) is 0 Å². The topological polar surface area (TPSA) is 67.2 Å². The number of aromatic nitrogens is 2. The molecule has 0 saturated carbocycles. The third-order valence-electron chi connectivity index (χ3n) is 3.93. The summed E-state index contributed by atoms with van der Waals surface area (Å²) in [6.45, 7) is 8.69. The van der Waals surface area contributed by atoms with E-state index in [-0.39, 0.29) is 11.8 Å². The van der Waals surface area contributed by atoms with E-state index in [1.807, 2.05) is 25.5 Å². The van der Waals surface area contributed by atoms with Crippen LogP contribution in [0.15, 0.2) is 4.47 Å². The van der Waals surface area contributed by atoms with Gasteiger partial charge in [-0.25, -0.2) is 0 Å². The van der Waals surface area contributed by atoms with Crippen molar-refractivity contribution in [3.05, 3.63) is 15.9 Å². The number of carbonyl (C=O) groups is 2. The quantitative estimate of drug-likeness (QED) is 0.890. The molecule has 1 aliphatic rings. The Hall–Kier alpha value is -1.37. The number of hydrogen-bond donors (Lipinski definition) is 1. The Kier molecular flexibility index (Phi) is 4.70. The number of hydrogen-bond acceptors (Lipinski definition) is 3. The molecule has 0 aliphatic carbocycles. The number of halogens is 1. The van der Waals surface area contributed by atoms with Crippen molar-refractivity contribution in [2.24, 2.45) is 0 Å². The van der Waals surface area contributed by atoms with Crippen LogP contribution in [0.3, 0.4) is 0 Å². The van der Waals surface area contributed by atoms with Crippen LogP contribution in [0.2, 0.25) is 0 Å². The number of rotatable bonds is 4. The highest BCUT2D eigenvalue weighted by Gasteiger charge is 2.37. The van der Waals surface area contributed by atoms with Gasteiger partial charge in [0.05, 0.1) is 22.4 Å². The third-order valence-corrected chi connectivity index (χ3v) is 4.96. The molecule has 2 amide bonds. The first-order chi connectivity index (χ1) is 9.90. The fourth-order valence-electron chi connectivity index (χ4n) is 2.56. The number of nitrogens with zero attached hydrogens (tertiary/aromatic N) is 3. The minimum atomic E-state index is -0.465. The molecule has 6 nitrogen and oxygen atoms in total. The lowest BCUT2D eigenvalue weighted by Gasteiger charge is -2.37. The molecule has 0 radical (unpaired) electrons. The molecule has 1 N–H and O–H groups in total. The average Bonchev–Trinajstić information content (AvgIpc) is 2.74. The summed E-state index contributed by atoms with van der Waals surface area (Å²) in [4.78, 5) is 26.2. The Labute approximate surface area is 133 Å². The number of aryl methyl sites for hydroxylation is 2. The summed E-state index contributed by atoms with van der Waals surface area (Å²) in [5, 5.41) is 7.20. The highest BCUT2D eigenvalue weighted by molar-refractivity contribution is 9.10. The van der Waals surface area contributed by atoms with E-state index in [9.17, 15) is 9.59 Å². The summed E-state index contributed by atoms with van der Waals surface area (Å²) >= 11 is 3.53. The van der Waals surface area contributed by atoms with Gasteiger partial charge in [0.2, 0.25) is 11.8 Å². The molecule has 1 aromatic rings. The van der Waals surface area contributed by atoms with E-state index in [4.69, 9.17) is 0 Å². The van der Waals surface area contributed by atoms with Gasteiger partial charge in [0.25, 0.3) is 0 Å². The van der Waals surface area contributed by atoms with E-state index in [0.29, 0.717) is 13.0 Å². The standard InChI is InChI=1S/C14H21BrN4O2/c1-5-10-14(21)18(9(4)13(20)16-10)7-11-12(15)8(3)17-19(11)6-2/h9-10H,5-7H2,1-4H3,(H,16,20). The zero-order chi connectivity index (χ0) is 15.7. The molecular weight excluding hydrogens is 336 g/mol. The van der Waals surface area contributed by atoms with Crippen LogP contribution in [-0.2, 0) is 22.7 Å². The van der Waals surface area contributed by atoms with Crippen molar-refractivity contribution in [2.45, 2.75) is 59.3 Å². The fraction of sp³-hybridized carbons (Fsp3) is 0.643. The molecule has 1 saturated heterocycles. The van der Waals surface area contributed by atoms with Gasteiger partial charge >= 0.3 is 0 Å². The summed E-state index contributed by atoms with van der Waals surface area (Å²) < 4.78 is 2.77. The molecule has 0 bridgehead atoms. The second kappa shape index (κ2) is 6.17. The Morgan fingerprint density at radius 1 is 1.33 bits per heavy atom. The molecule has 0 spiro atoms. The summed E-state index contributed by atoms with van der Waals surface area (Å²) in [5.41, 5.74) is 1.82. The Bertz CT molecular complexity index is 570. The molecule has 2 heterocycles. The molecule has 21 heavy (non-hydrogen) atoms. The van der Waals surface area contributed by atoms with Crippen LogP contribution in [0.1, 0.15) is 38.6 Å². The van der Waals surface area contributed by atoms with Crippen LogP contribution in [0.4, 0.5) is 0 Å². The predicted molar refractivity (Wildman–Crippen MR) is 82.6 cm³/mol. The lowest BCUT2D eigenvalue weighted by Crippen LogP contribution is -2.61. The minimum absolute atomic E-state index is 0.0296. The maximum absolute atomic E-state index is 12.5. The predicted octanol–water partition coefficient (Wildman–Crippen LogP) is 1.60. The molecule has 1 fully saturated rings. The number of piperazine rings is 1. The summed E-state index contributed by atoms with van der Waals surface area (Å²) in [6, 6.07) is -0.890. The fourth-order valence-corrected chi connectivity index (χ4v) is 2.97. The van der Waals surface area contributed by atoms with Crippen molar-refractivity contribution in [1.82, 2.24) is 20.0 Å². The molecule has 2 unspecified atom stereocenters. The second-order valence-electron chi connectivity index (χ2n) is 5.27. The van der Waals surface area contributed by atoms with E-state index in [1.165, 1.54) is 0 Å². The van der Waals surface area contributed by atoms with Gasteiger partial charge < -0.3 is 10.2 Å². The van der Waals surface area contributed by atoms with Crippen molar-refractivity contribution in [3.8, 4) is 0 Å². The minimum Gasteiger partial charge on any atom is -0.343 e. The highest BCUT2D eigenvalue weighted by Crippen LogP contribution is 2.24. The van der Waals surface area contributed by atoms with Crippen LogP contribution in [-0.4, -0.2) is 38.6 Å². The summed E-state index contributed by atoms with van der Waals surface area (Å²) in [7, 11) is 0. The molecule has 0 aromatic carbocycles. The average molecular weight is 357 g/mol. The van der Waals surface area contributed by atoms with Gasteiger partial charge in [-0.15, -0.1) is 0 Å². The van der Waals surface area contributed by atoms with E-state index < -0.39 is 12.1 Å². The van der Waals surface area contributed by atoms with Crippen LogP contribution in [0, 0.1) is 6.92 Å². The molecule has 2 atom stereocenters. The molecule has 1 aliphatic heterocycles. The van der Waals surface area contributed by atoms with Crippen molar-refractivity contribution in [3.63, 3.8) is 0 Å². The zero-order valence-corrected chi connectivity index (χ0v) is 14.4. The summed E-state index contributed by atoms with van der Waals surface area (Å²) in [6.07, 6.45) is 0.598. The number of nitrogens with one attached hydrogen (secondary N) is 1. The smallest absolute Gasteiger partial charge is 0.246 e. The lowest BCUT2D eigenvalue weighted by molar-refractivity contribution is -0.149. The van der Waals surface area contributed by atoms with Gasteiger partial charge in [0.1, 0.15) is 12.1 Å². The Morgan fingerprint density at radius 2 is 2.00 bits per heavy atom. The lowest BCUT2D eigenvalue weighted by atomic mass is 10.1. The van der Waals surface area contributed by atoms with Gasteiger partial charge in [-0.2, -0.15) is 5.10 Å². The normalized spacial score (nSPS) is 22.6. The largest absolute Gasteiger partial charge is 0.343 e. The Morgan fingerprint density at radius 3 is 2.57 bits per heavy atom. The van der Waals surface area contributed by atoms with Crippen LogP contribution >= 0.6 is 15.9 Å².